The van der Waals surface area contributed by atoms with Gasteiger partial charge >= 0.3 is 0 Å². The number of halogens is 2. The van der Waals surface area contributed by atoms with E-state index in [1.807, 2.05) is 12.3 Å². The average Bonchev–Trinajstić information content (AvgIpc) is 1.99. The monoisotopic (exact) mass is 392 g/mol. The van der Waals surface area contributed by atoms with E-state index in [9.17, 15) is 5.11 Å². The van der Waals surface area contributed by atoms with Crippen LogP contribution in [0, 0.1) is 7.14 Å². The Morgan fingerprint density at radius 1 is 1.36 bits per heavy atom. The predicted molar refractivity (Wildman–Crippen MR) is 65.3 cm³/mol. The molecule has 0 amide bonds. The van der Waals surface area contributed by atoms with Crippen LogP contribution in [-0.2, 0) is 0 Å². The Kier molecular flexibility index (Phi) is 3.76. The Bertz CT molecular complexity index is 275. The van der Waals surface area contributed by atoms with Crippen molar-refractivity contribution in [2.75, 3.05) is 6.26 Å². The molecule has 0 aliphatic rings. The SMILES string of the molecule is CSc1c(O)ccc(I)c1I. The lowest BCUT2D eigenvalue weighted by molar-refractivity contribution is 0.461. The van der Waals surface area contributed by atoms with E-state index in [1.165, 1.54) is 3.57 Å². The molecule has 1 aromatic rings. The third kappa shape index (κ3) is 2.15. The molecule has 11 heavy (non-hydrogen) atoms. The van der Waals surface area contributed by atoms with E-state index in [-0.39, 0.29) is 0 Å². The van der Waals surface area contributed by atoms with Crippen LogP contribution in [0.5, 0.6) is 5.75 Å². The number of hydrogen-bond acceptors (Lipinski definition) is 2. The molecular weight excluding hydrogens is 386 g/mol. The molecule has 1 nitrogen and oxygen atoms in total. The van der Waals surface area contributed by atoms with E-state index in [2.05, 4.69) is 45.2 Å². The second-order valence-electron chi connectivity index (χ2n) is 1.91. The first kappa shape index (κ1) is 9.91. The van der Waals surface area contributed by atoms with Crippen LogP contribution in [0.4, 0.5) is 0 Å². The second-order valence-corrected chi connectivity index (χ2v) is 4.97. The summed E-state index contributed by atoms with van der Waals surface area (Å²) in [7, 11) is 0. The standard InChI is InChI=1S/C7H6I2OS/c1-11-7-5(10)3-2-4(8)6(7)9/h2-3,10H,1H3. The lowest BCUT2D eigenvalue weighted by atomic mass is 10.3. The van der Waals surface area contributed by atoms with Crippen molar-refractivity contribution in [1.82, 2.24) is 0 Å². The van der Waals surface area contributed by atoms with Gasteiger partial charge in [0.2, 0.25) is 0 Å². The molecule has 0 fully saturated rings. The molecule has 60 valence electrons. The minimum atomic E-state index is 0.377. The predicted octanol–water partition coefficient (Wildman–Crippen LogP) is 3.32. The number of thioether (sulfide) groups is 1. The van der Waals surface area contributed by atoms with Crippen molar-refractivity contribution >= 4 is 56.9 Å². The van der Waals surface area contributed by atoms with Gasteiger partial charge in [0.15, 0.2) is 0 Å². The average molecular weight is 392 g/mol. The third-order valence-electron chi connectivity index (χ3n) is 1.23. The summed E-state index contributed by atoms with van der Waals surface area (Å²) < 4.78 is 2.32. The van der Waals surface area contributed by atoms with Gasteiger partial charge in [0.1, 0.15) is 5.75 Å². The van der Waals surface area contributed by atoms with Gasteiger partial charge in [-0.15, -0.1) is 11.8 Å². The van der Waals surface area contributed by atoms with Crippen molar-refractivity contribution in [2.24, 2.45) is 0 Å². The molecule has 1 rings (SSSR count). The van der Waals surface area contributed by atoms with Crippen LogP contribution in [-0.4, -0.2) is 11.4 Å². The van der Waals surface area contributed by atoms with Gasteiger partial charge in [0, 0.05) is 7.14 Å². The molecule has 4 heteroatoms. The zero-order valence-electron chi connectivity index (χ0n) is 5.77. The van der Waals surface area contributed by atoms with Crippen molar-refractivity contribution in [3.63, 3.8) is 0 Å². The molecule has 0 atom stereocenters. The van der Waals surface area contributed by atoms with Crippen molar-refractivity contribution in [2.45, 2.75) is 4.90 Å². The molecule has 1 aromatic carbocycles. The smallest absolute Gasteiger partial charge is 0.130 e. The molecule has 0 saturated carbocycles. The number of aromatic hydroxyl groups is 1. The quantitative estimate of drug-likeness (QED) is 0.585. The van der Waals surface area contributed by atoms with E-state index in [1.54, 1.807) is 17.8 Å². The number of phenolic OH excluding ortho intramolecular Hbond substituents is 1. The fraction of sp³-hybridized carbons (Fsp3) is 0.143. The minimum absolute atomic E-state index is 0.377. The van der Waals surface area contributed by atoms with Crippen molar-refractivity contribution in [1.29, 1.82) is 0 Å². The zero-order chi connectivity index (χ0) is 8.43. The van der Waals surface area contributed by atoms with Crippen molar-refractivity contribution in [3.05, 3.63) is 19.3 Å². The summed E-state index contributed by atoms with van der Waals surface area (Å²) in [5, 5.41) is 9.39. The Morgan fingerprint density at radius 3 is 2.45 bits per heavy atom. The van der Waals surface area contributed by atoms with Crippen LogP contribution in [0.15, 0.2) is 17.0 Å². The molecule has 0 saturated heterocycles. The normalized spacial score (nSPS) is 10.1. The third-order valence-corrected chi connectivity index (χ3v) is 5.47. The Labute approximate surface area is 97.2 Å². The first-order chi connectivity index (χ1) is 5.16. The van der Waals surface area contributed by atoms with Crippen molar-refractivity contribution < 1.29 is 5.11 Å². The molecule has 0 heterocycles. The summed E-state index contributed by atoms with van der Waals surface area (Å²) in [4.78, 5) is 0.970. The molecular formula is C7H6I2OS. The van der Waals surface area contributed by atoms with E-state index in [0.717, 1.165) is 8.47 Å². The van der Waals surface area contributed by atoms with Crippen LogP contribution in [0.1, 0.15) is 0 Å². The Hall–Kier alpha value is 0.830. The van der Waals surface area contributed by atoms with Gasteiger partial charge in [-0.2, -0.15) is 0 Å². The van der Waals surface area contributed by atoms with Crippen LogP contribution >= 0.6 is 56.9 Å². The summed E-state index contributed by atoms with van der Waals surface area (Å²) in [6.45, 7) is 0. The topological polar surface area (TPSA) is 20.2 Å². The number of hydrogen-bond donors (Lipinski definition) is 1. The maximum Gasteiger partial charge on any atom is 0.130 e. The number of rotatable bonds is 1. The van der Waals surface area contributed by atoms with E-state index < -0.39 is 0 Å². The first-order valence-electron chi connectivity index (χ1n) is 2.87. The minimum Gasteiger partial charge on any atom is -0.507 e. The maximum atomic E-state index is 9.39. The van der Waals surface area contributed by atoms with Crippen LogP contribution in [0.2, 0.25) is 0 Å². The molecule has 0 radical (unpaired) electrons. The van der Waals surface area contributed by atoms with Gasteiger partial charge in [0.25, 0.3) is 0 Å². The van der Waals surface area contributed by atoms with E-state index in [4.69, 9.17) is 0 Å². The van der Waals surface area contributed by atoms with Crippen molar-refractivity contribution in [3.8, 4) is 5.75 Å². The molecule has 0 aromatic heterocycles. The molecule has 1 N–H and O–H groups in total. The fourth-order valence-electron chi connectivity index (χ4n) is 0.716. The lowest BCUT2D eigenvalue weighted by Crippen LogP contribution is -1.83. The zero-order valence-corrected chi connectivity index (χ0v) is 10.9. The lowest BCUT2D eigenvalue weighted by Gasteiger charge is -2.04. The molecule has 0 aliphatic carbocycles. The highest BCUT2D eigenvalue weighted by molar-refractivity contribution is 14.1. The fourth-order valence-corrected chi connectivity index (χ4v) is 3.03. The van der Waals surface area contributed by atoms with Gasteiger partial charge in [-0.05, 0) is 63.6 Å². The van der Waals surface area contributed by atoms with Crippen LogP contribution in [0.25, 0.3) is 0 Å². The maximum absolute atomic E-state index is 9.39. The summed E-state index contributed by atoms with van der Waals surface area (Å²) in [6.07, 6.45) is 1.97. The highest BCUT2D eigenvalue weighted by atomic mass is 127. The largest absolute Gasteiger partial charge is 0.507 e. The van der Waals surface area contributed by atoms with Gasteiger partial charge < -0.3 is 5.11 Å². The molecule has 0 spiro atoms. The summed E-state index contributed by atoms with van der Waals surface area (Å²) in [6, 6.07) is 3.65. The summed E-state index contributed by atoms with van der Waals surface area (Å²) >= 11 is 6.07. The van der Waals surface area contributed by atoms with E-state index >= 15 is 0 Å². The molecule has 0 aliphatic heterocycles. The van der Waals surface area contributed by atoms with Gasteiger partial charge in [-0.3, -0.25) is 0 Å². The second kappa shape index (κ2) is 4.18. The summed E-state index contributed by atoms with van der Waals surface area (Å²) in [5.74, 6) is 0.377. The Morgan fingerprint density at radius 2 is 2.00 bits per heavy atom. The van der Waals surface area contributed by atoms with Crippen LogP contribution < -0.4 is 0 Å². The highest BCUT2D eigenvalue weighted by Gasteiger charge is 2.06. The van der Waals surface area contributed by atoms with E-state index in [0.29, 0.717) is 5.75 Å². The molecule has 0 bridgehead atoms. The van der Waals surface area contributed by atoms with Crippen LogP contribution in [0.3, 0.4) is 0 Å². The van der Waals surface area contributed by atoms with Gasteiger partial charge in [0.05, 0.1) is 4.90 Å². The number of benzene rings is 1. The number of phenols is 1. The first-order valence-corrected chi connectivity index (χ1v) is 6.26. The summed E-state index contributed by atoms with van der Waals surface area (Å²) in [5.41, 5.74) is 0. The van der Waals surface area contributed by atoms with Gasteiger partial charge in [-0.25, -0.2) is 0 Å². The van der Waals surface area contributed by atoms with Gasteiger partial charge in [-0.1, -0.05) is 0 Å². The highest BCUT2D eigenvalue weighted by Crippen LogP contribution is 2.33. The molecule has 0 unspecified atom stereocenters. The Balaban J connectivity index is 3.29.